The molecule has 0 unspecified atom stereocenters. The highest BCUT2D eigenvalue weighted by molar-refractivity contribution is 14.0. The van der Waals surface area contributed by atoms with Gasteiger partial charge in [0.05, 0.1) is 12.1 Å². The van der Waals surface area contributed by atoms with Crippen molar-refractivity contribution in [1.82, 2.24) is 16.0 Å². The Hall–Kier alpha value is -1.52. The molecule has 0 aromatic heterocycles. The summed E-state index contributed by atoms with van der Waals surface area (Å²) in [5, 5.41) is 9.14. The molecule has 0 spiro atoms. The van der Waals surface area contributed by atoms with Crippen LogP contribution in [-0.4, -0.2) is 31.0 Å². The average Bonchev–Trinajstić information content (AvgIpc) is 3.40. The van der Waals surface area contributed by atoms with Gasteiger partial charge in [0.2, 0.25) is 5.91 Å². The molecule has 152 valence electrons. The number of nitrogens with one attached hydrogen (secondary N) is 3. The number of carbonyl (C=O) groups excluding carboxylic acids is 1. The number of guanidine groups is 1. The van der Waals surface area contributed by atoms with Gasteiger partial charge in [0.1, 0.15) is 0 Å². The number of hydrogen-bond acceptors (Lipinski definition) is 2. The molecule has 1 aromatic carbocycles. The molecular weight excluding hydrogens is 472 g/mol. The van der Waals surface area contributed by atoms with E-state index in [0.717, 1.165) is 25.0 Å². The lowest BCUT2D eigenvalue weighted by Gasteiger charge is -2.11. The summed E-state index contributed by atoms with van der Waals surface area (Å²) in [7, 11) is 0. The zero-order valence-corrected chi connectivity index (χ0v) is 17.6. The predicted molar refractivity (Wildman–Crippen MR) is 110 cm³/mol. The van der Waals surface area contributed by atoms with Crippen LogP contribution in [0.4, 0.5) is 13.2 Å². The SMILES string of the molecule is CCNC(=NCc1ccc(C(F)(F)F)cc1)NCCCC(=O)NC1CC1.I. The standard InChI is InChI=1S/C18H25F3N4O.HI/c1-2-22-17(23-11-3-4-16(26)25-15-9-10-15)24-12-13-5-7-14(8-6-13)18(19,20)21;/h5-8,15H,2-4,9-12H2,1H3,(H,25,26)(H2,22,23,24);1H. The minimum Gasteiger partial charge on any atom is -0.357 e. The van der Waals surface area contributed by atoms with Gasteiger partial charge < -0.3 is 16.0 Å². The van der Waals surface area contributed by atoms with Crippen LogP contribution in [0.2, 0.25) is 0 Å². The van der Waals surface area contributed by atoms with E-state index in [2.05, 4.69) is 20.9 Å². The highest BCUT2D eigenvalue weighted by Crippen LogP contribution is 2.29. The van der Waals surface area contributed by atoms with Gasteiger partial charge in [0.15, 0.2) is 5.96 Å². The number of carbonyl (C=O) groups is 1. The summed E-state index contributed by atoms with van der Waals surface area (Å²) in [5.74, 6) is 0.649. The number of nitrogens with zero attached hydrogens (tertiary/aromatic N) is 1. The lowest BCUT2D eigenvalue weighted by atomic mass is 10.1. The van der Waals surface area contributed by atoms with Gasteiger partial charge in [0.25, 0.3) is 0 Å². The van der Waals surface area contributed by atoms with Gasteiger partial charge in [-0.05, 0) is 43.9 Å². The van der Waals surface area contributed by atoms with Crippen LogP contribution in [0.15, 0.2) is 29.3 Å². The van der Waals surface area contributed by atoms with Crippen molar-refractivity contribution >= 4 is 35.8 Å². The lowest BCUT2D eigenvalue weighted by molar-refractivity contribution is -0.137. The van der Waals surface area contributed by atoms with Crippen molar-refractivity contribution in [2.45, 2.75) is 51.4 Å². The van der Waals surface area contributed by atoms with E-state index in [4.69, 9.17) is 0 Å². The molecule has 0 radical (unpaired) electrons. The Bertz CT molecular complexity index is 616. The van der Waals surface area contributed by atoms with Crippen LogP contribution >= 0.6 is 24.0 Å². The van der Waals surface area contributed by atoms with Crippen LogP contribution in [0.3, 0.4) is 0 Å². The summed E-state index contributed by atoms with van der Waals surface area (Å²) in [5.41, 5.74) is 0.0266. The largest absolute Gasteiger partial charge is 0.416 e. The summed E-state index contributed by atoms with van der Waals surface area (Å²) in [6.45, 7) is 3.46. The molecule has 0 heterocycles. The Morgan fingerprint density at radius 1 is 1.19 bits per heavy atom. The molecule has 1 fully saturated rings. The number of halogens is 4. The fraction of sp³-hybridized carbons (Fsp3) is 0.556. The van der Waals surface area contributed by atoms with Crippen LogP contribution in [0.5, 0.6) is 0 Å². The van der Waals surface area contributed by atoms with Crippen molar-refractivity contribution in [2.75, 3.05) is 13.1 Å². The third kappa shape index (κ3) is 9.30. The van der Waals surface area contributed by atoms with Gasteiger partial charge in [-0.25, -0.2) is 4.99 Å². The summed E-state index contributed by atoms with van der Waals surface area (Å²) in [4.78, 5) is 16.0. The molecule has 2 rings (SSSR count). The number of benzene rings is 1. The highest BCUT2D eigenvalue weighted by atomic mass is 127. The van der Waals surface area contributed by atoms with E-state index in [-0.39, 0.29) is 36.4 Å². The highest BCUT2D eigenvalue weighted by Gasteiger charge is 2.29. The molecule has 1 aliphatic rings. The molecule has 5 nitrogen and oxygen atoms in total. The van der Waals surface area contributed by atoms with Crippen molar-refractivity contribution < 1.29 is 18.0 Å². The third-order valence-electron chi connectivity index (χ3n) is 3.86. The van der Waals surface area contributed by atoms with Crippen molar-refractivity contribution in [2.24, 2.45) is 4.99 Å². The van der Waals surface area contributed by atoms with E-state index in [0.29, 0.717) is 43.5 Å². The monoisotopic (exact) mass is 498 g/mol. The van der Waals surface area contributed by atoms with Crippen LogP contribution in [0.1, 0.15) is 43.7 Å². The van der Waals surface area contributed by atoms with Crippen molar-refractivity contribution in [3.63, 3.8) is 0 Å². The molecule has 1 saturated carbocycles. The Morgan fingerprint density at radius 2 is 1.85 bits per heavy atom. The number of hydrogen-bond donors (Lipinski definition) is 3. The minimum absolute atomic E-state index is 0. The number of rotatable bonds is 8. The summed E-state index contributed by atoms with van der Waals surface area (Å²) < 4.78 is 37.7. The molecule has 3 N–H and O–H groups in total. The molecule has 0 saturated heterocycles. The van der Waals surface area contributed by atoms with E-state index < -0.39 is 11.7 Å². The number of amides is 1. The van der Waals surface area contributed by atoms with Crippen molar-refractivity contribution in [3.8, 4) is 0 Å². The van der Waals surface area contributed by atoms with Gasteiger partial charge >= 0.3 is 6.18 Å². The third-order valence-corrected chi connectivity index (χ3v) is 3.86. The first-order valence-electron chi connectivity index (χ1n) is 8.86. The second kappa shape index (κ2) is 11.4. The molecule has 1 amide bonds. The second-order valence-electron chi connectivity index (χ2n) is 6.26. The maximum Gasteiger partial charge on any atom is 0.416 e. The summed E-state index contributed by atoms with van der Waals surface area (Å²) in [6, 6.07) is 5.35. The molecule has 9 heteroatoms. The maximum absolute atomic E-state index is 12.6. The van der Waals surface area contributed by atoms with Gasteiger partial charge in [0, 0.05) is 25.6 Å². The quantitative estimate of drug-likeness (QED) is 0.223. The van der Waals surface area contributed by atoms with Gasteiger partial charge in [-0.1, -0.05) is 12.1 Å². The van der Waals surface area contributed by atoms with E-state index in [1.807, 2.05) is 6.92 Å². The topological polar surface area (TPSA) is 65.5 Å². The van der Waals surface area contributed by atoms with Crippen LogP contribution in [0, 0.1) is 0 Å². The van der Waals surface area contributed by atoms with E-state index >= 15 is 0 Å². The fourth-order valence-electron chi connectivity index (χ4n) is 2.29. The Balaban J connectivity index is 0.00000364. The van der Waals surface area contributed by atoms with Gasteiger partial charge in [-0.15, -0.1) is 24.0 Å². The van der Waals surface area contributed by atoms with Crippen LogP contribution in [0.25, 0.3) is 0 Å². The molecular formula is C18H26F3IN4O. The molecule has 0 atom stereocenters. The zero-order chi connectivity index (χ0) is 19.0. The smallest absolute Gasteiger partial charge is 0.357 e. The first kappa shape index (κ1) is 23.5. The number of alkyl halides is 3. The first-order chi connectivity index (χ1) is 12.4. The zero-order valence-electron chi connectivity index (χ0n) is 15.2. The molecule has 1 aliphatic carbocycles. The van der Waals surface area contributed by atoms with Gasteiger partial charge in [-0.2, -0.15) is 13.2 Å². The first-order valence-corrected chi connectivity index (χ1v) is 8.86. The van der Waals surface area contributed by atoms with Crippen molar-refractivity contribution in [1.29, 1.82) is 0 Å². The Kier molecular flexibility index (Phi) is 9.89. The number of aliphatic imine (C=N–C) groups is 1. The maximum atomic E-state index is 12.6. The Morgan fingerprint density at radius 3 is 2.41 bits per heavy atom. The molecule has 1 aromatic rings. The molecule has 0 aliphatic heterocycles. The summed E-state index contributed by atoms with van der Waals surface area (Å²) >= 11 is 0. The lowest BCUT2D eigenvalue weighted by Crippen LogP contribution is -2.38. The van der Waals surface area contributed by atoms with E-state index in [1.165, 1.54) is 12.1 Å². The average molecular weight is 498 g/mol. The fourth-order valence-corrected chi connectivity index (χ4v) is 2.29. The van der Waals surface area contributed by atoms with Crippen LogP contribution in [-0.2, 0) is 17.5 Å². The van der Waals surface area contributed by atoms with Gasteiger partial charge in [-0.3, -0.25) is 4.79 Å². The van der Waals surface area contributed by atoms with Crippen LogP contribution < -0.4 is 16.0 Å². The van der Waals surface area contributed by atoms with E-state index in [1.54, 1.807) is 0 Å². The Labute approximate surface area is 174 Å². The summed E-state index contributed by atoms with van der Waals surface area (Å²) in [6.07, 6.45) is -1.04. The molecule has 27 heavy (non-hydrogen) atoms. The minimum atomic E-state index is -4.33. The van der Waals surface area contributed by atoms with Crippen molar-refractivity contribution in [3.05, 3.63) is 35.4 Å². The predicted octanol–water partition coefficient (Wildman–Crippen LogP) is 3.44. The second-order valence-corrected chi connectivity index (χ2v) is 6.26. The normalized spacial score (nSPS) is 14.3. The molecule has 0 bridgehead atoms. The van der Waals surface area contributed by atoms with E-state index in [9.17, 15) is 18.0 Å².